The van der Waals surface area contributed by atoms with Crippen LogP contribution < -0.4 is 10.6 Å². The SMILES string of the molecule is CCOC(=O)C(NCc1ccc(C(=O)OC)cc1NCc1ccc(C(=O)N2CC=CC2)cc1)C(=O)c1ccc(Cl)cc1. The van der Waals surface area contributed by atoms with E-state index in [0.29, 0.717) is 52.6 Å². The van der Waals surface area contributed by atoms with Crippen LogP contribution in [0.1, 0.15) is 49.1 Å². The molecule has 1 unspecified atom stereocenters. The number of nitrogens with one attached hydrogen (secondary N) is 2. The smallest absolute Gasteiger partial charge is 0.337 e. The molecule has 1 aliphatic heterocycles. The first-order valence-corrected chi connectivity index (χ1v) is 13.9. The van der Waals surface area contributed by atoms with Crippen molar-refractivity contribution < 1.29 is 28.7 Å². The number of hydrogen-bond donors (Lipinski definition) is 2. The van der Waals surface area contributed by atoms with Crippen molar-refractivity contribution in [2.24, 2.45) is 0 Å². The average Bonchev–Trinajstić information content (AvgIpc) is 3.55. The first-order valence-electron chi connectivity index (χ1n) is 13.5. The van der Waals surface area contributed by atoms with Crippen LogP contribution in [0.2, 0.25) is 5.02 Å². The second kappa shape index (κ2) is 14.4. The lowest BCUT2D eigenvalue weighted by molar-refractivity contribution is -0.144. The van der Waals surface area contributed by atoms with Gasteiger partial charge in [-0.05, 0) is 66.6 Å². The van der Waals surface area contributed by atoms with Crippen molar-refractivity contribution in [3.8, 4) is 0 Å². The number of hydrogen-bond acceptors (Lipinski definition) is 8. The Balaban J connectivity index is 1.51. The predicted octanol–water partition coefficient (Wildman–Crippen LogP) is 4.65. The minimum Gasteiger partial charge on any atom is -0.465 e. The number of carbonyl (C=O) groups is 4. The number of nitrogens with zero attached hydrogens (tertiary/aromatic N) is 1. The highest BCUT2D eigenvalue weighted by molar-refractivity contribution is 6.30. The maximum absolute atomic E-state index is 13.2. The van der Waals surface area contributed by atoms with Crippen molar-refractivity contribution in [1.82, 2.24) is 10.2 Å². The molecular weight excluding hydrogens is 558 g/mol. The van der Waals surface area contributed by atoms with Crippen LogP contribution in [0.3, 0.4) is 0 Å². The van der Waals surface area contributed by atoms with Crippen LogP contribution in [0.4, 0.5) is 5.69 Å². The van der Waals surface area contributed by atoms with Gasteiger partial charge >= 0.3 is 11.9 Å². The second-order valence-corrected chi connectivity index (χ2v) is 9.97. The molecule has 0 bridgehead atoms. The van der Waals surface area contributed by atoms with Crippen molar-refractivity contribution >= 4 is 40.9 Å². The summed E-state index contributed by atoms with van der Waals surface area (Å²) in [6.45, 7) is 3.51. The fraction of sp³-hybridized carbons (Fsp3) is 0.250. The van der Waals surface area contributed by atoms with Crippen molar-refractivity contribution in [3.63, 3.8) is 0 Å². The van der Waals surface area contributed by atoms with Gasteiger partial charge in [-0.3, -0.25) is 14.9 Å². The van der Waals surface area contributed by atoms with E-state index in [9.17, 15) is 19.2 Å². The van der Waals surface area contributed by atoms with Crippen LogP contribution in [-0.4, -0.2) is 61.4 Å². The molecule has 3 aromatic rings. The number of amides is 1. The summed E-state index contributed by atoms with van der Waals surface area (Å²) >= 11 is 5.96. The molecule has 0 saturated heterocycles. The van der Waals surface area contributed by atoms with Crippen LogP contribution in [0.25, 0.3) is 0 Å². The fourth-order valence-electron chi connectivity index (χ4n) is 4.43. The normalized spacial score (nSPS) is 13.0. The summed E-state index contributed by atoms with van der Waals surface area (Å²) in [7, 11) is 1.30. The number of ketones is 1. The Labute approximate surface area is 249 Å². The van der Waals surface area contributed by atoms with E-state index in [0.717, 1.165) is 5.56 Å². The summed E-state index contributed by atoms with van der Waals surface area (Å²) in [5.41, 5.74) is 3.48. The molecule has 0 aliphatic carbocycles. The van der Waals surface area contributed by atoms with E-state index in [1.54, 1.807) is 66.4 Å². The Bertz CT molecular complexity index is 1460. The minimum absolute atomic E-state index is 0.0250. The summed E-state index contributed by atoms with van der Waals surface area (Å²) in [4.78, 5) is 52.6. The highest BCUT2D eigenvalue weighted by atomic mass is 35.5. The Morgan fingerprint density at radius 3 is 2.17 bits per heavy atom. The van der Waals surface area contributed by atoms with E-state index in [4.69, 9.17) is 21.1 Å². The fourth-order valence-corrected chi connectivity index (χ4v) is 4.56. The second-order valence-electron chi connectivity index (χ2n) is 9.53. The van der Waals surface area contributed by atoms with Gasteiger partial charge in [-0.15, -0.1) is 0 Å². The summed E-state index contributed by atoms with van der Waals surface area (Å²) < 4.78 is 10.0. The highest BCUT2D eigenvalue weighted by Crippen LogP contribution is 2.21. The summed E-state index contributed by atoms with van der Waals surface area (Å²) in [5, 5.41) is 6.82. The number of rotatable bonds is 12. The van der Waals surface area contributed by atoms with Gasteiger partial charge in [0.15, 0.2) is 11.8 Å². The zero-order valence-electron chi connectivity index (χ0n) is 23.4. The van der Waals surface area contributed by atoms with Crippen molar-refractivity contribution in [3.05, 3.63) is 112 Å². The lowest BCUT2D eigenvalue weighted by Gasteiger charge is -2.19. The number of esters is 2. The molecule has 1 atom stereocenters. The van der Waals surface area contributed by atoms with Gasteiger partial charge in [0.05, 0.1) is 19.3 Å². The third-order valence-electron chi connectivity index (χ3n) is 6.73. The van der Waals surface area contributed by atoms with Crippen LogP contribution in [-0.2, 0) is 27.4 Å². The largest absolute Gasteiger partial charge is 0.465 e. The molecule has 0 aromatic heterocycles. The molecule has 1 amide bonds. The zero-order chi connectivity index (χ0) is 30.1. The number of carbonyl (C=O) groups excluding carboxylic acids is 4. The molecule has 1 aliphatic rings. The number of methoxy groups -OCH3 is 1. The number of halogens is 1. The number of anilines is 1. The van der Waals surface area contributed by atoms with E-state index in [2.05, 4.69) is 10.6 Å². The Kier molecular flexibility index (Phi) is 10.5. The molecule has 0 saturated carbocycles. The monoisotopic (exact) mass is 589 g/mol. The average molecular weight is 590 g/mol. The van der Waals surface area contributed by atoms with Gasteiger partial charge in [0.2, 0.25) is 0 Å². The van der Waals surface area contributed by atoms with Crippen LogP contribution in [0, 0.1) is 0 Å². The molecule has 9 nitrogen and oxygen atoms in total. The maximum atomic E-state index is 13.2. The van der Waals surface area contributed by atoms with E-state index in [1.807, 2.05) is 24.3 Å². The van der Waals surface area contributed by atoms with Crippen molar-refractivity contribution in [2.45, 2.75) is 26.1 Å². The summed E-state index contributed by atoms with van der Waals surface area (Å²) in [6.07, 6.45) is 3.93. The maximum Gasteiger partial charge on any atom is 0.337 e. The Morgan fingerprint density at radius 2 is 1.52 bits per heavy atom. The molecule has 4 rings (SSSR count). The van der Waals surface area contributed by atoms with Gasteiger partial charge in [0.25, 0.3) is 5.91 Å². The summed E-state index contributed by atoms with van der Waals surface area (Å²) in [5.74, 6) is -1.68. The van der Waals surface area contributed by atoms with Gasteiger partial charge < -0.3 is 19.7 Å². The number of Topliss-reactive ketones (excluding diaryl/α,β-unsaturated/α-hetero) is 1. The molecule has 2 N–H and O–H groups in total. The van der Waals surface area contributed by atoms with Gasteiger partial charge in [0.1, 0.15) is 0 Å². The van der Waals surface area contributed by atoms with E-state index >= 15 is 0 Å². The molecule has 0 fully saturated rings. The molecule has 0 radical (unpaired) electrons. The molecule has 42 heavy (non-hydrogen) atoms. The first kappa shape index (κ1) is 30.5. The quantitative estimate of drug-likeness (QED) is 0.136. The number of ether oxygens (including phenoxy) is 2. The van der Waals surface area contributed by atoms with Gasteiger partial charge in [-0.1, -0.05) is 42.0 Å². The van der Waals surface area contributed by atoms with E-state index < -0.39 is 23.8 Å². The topological polar surface area (TPSA) is 114 Å². The molecule has 218 valence electrons. The van der Waals surface area contributed by atoms with Gasteiger partial charge in [0, 0.05) is 48.0 Å². The van der Waals surface area contributed by atoms with Crippen molar-refractivity contribution in [2.75, 3.05) is 32.1 Å². The minimum atomic E-state index is -1.25. The summed E-state index contributed by atoms with van der Waals surface area (Å²) in [6, 6.07) is 17.3. The zero-order valence-corrected chi connectivity index (χ0v) is 24.1. The van der Waals surface area contributed by atoms with E-state index in [-0.39, 0.29) is 19.1 Å². The molecule has 1 heterocycles. The lowest BCUT2D eigenvalue weighted by atomic mass is 10.0. The van der Waals surface area contributed by atoms with Gasteiger partial charge in [-0.25, -0.2) is 9.59 Å². The molecule has 3 aromatic carbocycles. The van der Waals surface area contributed by atoms with E-state index in [1.165, 1.54) is 7.11 Å². The predicted molar refractivity (Wildman–Crippen MR) is 160 cm³/mol. The highest BCUT2D eigenvalue weighted by Gasteiger charge is 2.29. The van der Waals surface area contributed by atoms with Crippen LogP contribution in [0.15, 0.2) is 78.9 Å². The van der Waals surface area contributed by atoms with Gasteiger partial charge in [-0.2, -0.15) is 0 Å². The van der Waals surface area contributed by atoms with Crippen molar-refractivity contribution in [1.29, 1.82) is 0 Å². The lowest BCUT2D eigenvalue weighted by Crippen LogP contribution is -2.44. The Morgan fingerprint density at radius 1 is 0.881 bits per heavy atom. The van der Waals surface area contributed by atoms with Crippen LogP contribution in [0.5, 0.6) is 0 Å². The Hall–Kier alpha value is -4.47. The molecular formula is C32H32ClN3O6. The standard InChI is InChI=1S/C32H32ClN3O6/c1-3-42-32(40)28(29(37)22-12-14-26(33)15-13-22)35-20-25-11-10-24(31(39)41-2)18-27(25)34-19-21-6-8-23(9-7-21)30(38)36-16-4-5-17-36/h4-15,18,28,34-35H,3,16-17,19-20H2,1-2H3. The molecule has 0 spiro atoms. The molecule has 10 heteroatoms. The third kappa shape index (κ3) is 7.63. The number of benzene rings is 3. The third-order valence-corrected chi connectivity index (χ3v) is 6.98. The van der Waals surface area contributed by atoms with Crippen LogP contribution >= 0.6 is 11.6 Å². The first-order chi connectivity index (χ1) is 20.3.